The van der Waals surface area contributed by atoms with Crippen molar-refractivity contribution in [1.29, 1.82) is 0 Å². The number of rotatable bonds is 9. The summed E-state index contributed by atoms with van der Waals surface area (Å²) < 4.78 is 5.90. The van der Waals surface area contributed by atoms with Crippen LogP contribution in [0.1, 0.15) is 84.0 Å². The van der Waals surface area contributed by atoms with E-state index in [1.165, 1.54) is 14.0 Å². The average molecular weight is 777 g/mol. The van der Waals surface area contributed by atoms with E-state index in [0.717, 1.165) is 90.7 Å². The Kier molecular flexibility index (Phi) is 9.94. The Bertz CT molecular complexity index is 2500. The van der Waals surface area contributed by atoms with Gasteiger partial charge in [0.1, 0.15) is 23.7 Å². The van der Waals surface area contributed by atoms with E-state index in [2.05, 4.69) is 57.0 Å². The molecule has 0 radical (unpaired) electrons. The van der Waals surface area contributed by atoms with Crippen LogP contribution < -0.4 is 10.6 Å². The lowest BCUT2D eigenvalue weighted by Gasteiger charge is -2.30. The van der Waals surface area contributed by atoms with Gasteiger partial charge in [-0.25, -0.2) is 14.8 Å². The summed E-state index contributed by atoms with van der Waals surface area (Å²) in [7, 11) is 1.30. The van der Waals surface area contributed by atoms with Crippen LogP contribution in [0.2, 0.25) is 0 Å². The molecule has 2 saturated heterocycles. The minimum Gasteiger partial charge on any atom is -0.453 e. The number of nitrogens with zero attached hydrogens (tertiary/aromatic N) is 4. The number of ether oxygens (including phenoxy) is 1. The lowest BCUT2D eigenvalue weighted by atomic mass is 10.0. The Morgan fingerprint density at radius 1 is 0.768 bits per heavy atom. The number of benzene rings is 3. The predicted molar refractivity (Wildman–Crippen MR) is 218 cm³/mol. The number of amides is 4. The Morgan fingerprint density at radius 3 is 1.93 bits per heavy atom. The number of carbonyl (C=O) groups excluding carboxylic acids is 4. The lowest BCUT2D eigenvalue weighted by Crippen LogP contribution is -2.51. The normalized spacial score (nSPS) is 18.5. The third kappa shape index (κ3) is 6.73. The SMILES string of the molecule is COC(=O)N[C@H](C(=O)N1CCC[C@H]1c1nc2ccc3cc(-c4cc5ccc6nc([C@@H]7CCCN7C(=O)[C@@H](NC(C)=O)C(C)C)[nH]c6c5s4)ccc3c2[nH]1)C(C)C. The van der Waals surface area contributed by atoms with Crippen LogP contribution in [0.4, 0.5) is 4.79 Å². The molecule has 2 aliphatic heterocycles. The van der Waals surface area contributed by atoms with E-state index in [9.17, 15) is 19.2 Å². The number of carbonyl (C=O) groups is 4. The van der Waals surface area contributed by atoms with Gasteiger partial charge in [-0.2, -0.15) is 0 Å². The van der Waals surface area contributed by atoms with Gasteiger partial charge in [0.25, 0.3) is 0 Å². The molecule has 2 fully saturated rings. The lowest BCUT2D eigenvalue weighted by molar-refractivity contribution is -0.138. The number of hydrogen-bond acceptors (Lipinski definition) is 8. The van der Waals surface area contributed by atoms with E-state index < -0.39 is 18.2 Å². The van der Waals surface area contributed by atoms with E-state index in [1.54, 1.807) is 11.3 Å². The molecule has 3 aromatic carbocycles. The highest BCUT2D eigenvalue weighted by Gasteiger charge is 2.39. The molecule has 0 bridgehead atoms. The summed E-state index contributed by atoms with van der Waals surface area (Å²) in [6.07, 6.45) is 2.69. The van der Waals surface area contributed by atoms with E-state index >= 15 is 0 Å². The zero-order chi connectivity index (χ0) is 39.4. The maximum atomic E-state index is 13.7. The minimum absolute atomic E-state index is 0.0346. The number of hydrogen-bond donors (Lipinski definition) is 4. The summed E-state index contributed by atoms with van der Waals surface area (Å²) in [5, 5.41) is 8.81. The van der Waals surface area contributed by atoms with Gasteiger partial charge in [0, 0.05) is 30.3 Å². The van der Waals surface area contributed by atoms with Gasteiger partial charge in [-0.1, -0.05) is 52.0 Å². The average Bonchev–Trinajstić information content (AvgIpc) is 4.02. The van der Waals surface area contributed by atoms with Gasteiger partial charge in [0.05, 0.1) is 46.0 Å². The number of methoxy groups -OCH3 is 1. The smallest absolute Gasteiger partial charge is 0.407 e. The van der Waals surface area contributed by atoms with Crippen LogP contribution in [0.3, 0.4) is 0 Å². The van der Waals surface area contributed by atoms with Crippen molar-refractivity contribution in [2.45, 2.75) is 84.5 Å². The molecule has 0 spiro atoms. The third-order valence-electron chi connectivity index (χ3n) is 11.3. The van der Waals surface area contributed by atoms with E-state index in [4.69, 9.17) is 14.7 Å². The van der Waals surface area contributed by atoms with Crippen LogP contribution in [0, 0.1) is 11.8 Å². The first-order chi connectivity index (χ1) is 26.9. The second-order valence-corrected chi connectivity index (χ2v) is 16.8. The van der Waals surface area contributed by atoms with Crippen LogP contribution in [-0.4, -0.2) is 85.8 Å². The summed E-state index contributed by atoms with van der Waals surface area (Å²) in [4.78, 5) is 73.3. The summed E-state index contributed by atoms with van der Waals surface area (Å²) in [6.45, 7) is 10.4. The molecule has 0 saturated carbocycles. The van der Waals surface area contributed by atoms with Crippen molar-refractivity contribution in [1.82, 2.24) is 40.4 Å². The molecule has 13 nitrogen and oxygen atoms in total. The number of alkyl carbamates (subject to hydrolysis) is 1. The number of likely N-dealkylation sites (tertiary alicyclic amines) is 2. The zero-order valence-electron chi connectivity index (χ0n) is 32.6. The molecule has 0 aliphatic carbocycles. The van der Waals surface area contributed by atoms with Gasteiger partial charge < -0.3 is 35.1 Å². The molecule has 4 atom stereocenters. The molecule has 4 amide bonds. The molecular weight excluding hydrogens is 729 g/mol. The maximum absolute atomic E-state index is 13.7. The molecule has 2 aliphatic rings. The monoisotopic (exact) mass is 776 g/mol. The highest BCUT2D eigenvalue weighted by molar-refractivity contribution is 7.23. The molecule has 292 valence electrons. The van der Waals surface area contributed by atoms with Crippen molar-refractivity contribution in [2.24, 2.45) is 11.8 Å². The second-order valence-electron chi connectivity index (χ2n) is 15.8. The highest BCUT2D eigenvalue weighted by Crippen LogP contribution is 2.41. The quantitative estimate of drug-likeness (QED) is 0.119. The van der Waals surface area contributed by atoms with E-state index in [1.807, 2.05) is 49.6 Å². The number of aromatic nitrogens is 4. The molecule has 14 heteroatoms. The Balaban J connectivity index is 1.07. The largest absolute Gasteiger partial charge is 0.453 e. The fourth-order valence-corrected chi connectivity index (χ4v) is 9.60. The number of H-pyrrole nitrogens is 2. The first-order valence-electron chi connectivity index (χ1n) is 19.5. The Morgan fingerprint density at radius 2 is 1.34 bits per heavy atom. The zero-order valence-corrected chi connectivity index (χ0v) is 33.4. The first kappa shape index (κ1) is 37.4. The van der Waals surface area contributed by atoms with Crippen molar-refractivity contribution >= 4 is 78.1 Å². The van der Waals surface area contributed by atoms with Gasteiger partial charge in [-0.05, 0) is 78.1 Å². The minimum atomic E-state index is -0.694. The second kappa shape index (κ2) is 14.9. The first-order valence-corrected chi connectivity index (χ1v) is 20.3. The van der Waals surface area contributed by atoms with Gasteiger partial charge in [0.15, 0.2) is 0 Å². The van der Waals surface area contributed by atoms with Crippen molar-refractivity contribution < 1.29 is 23.9 Å². The van der Waals surface area contributed by atoms with Crippen molar-refractivity contribution in [3.8, 4) is 10.4 Å². The number of nitrogens with one attached hydrogen (secondary N) is 4. The Hall–Kier alpha value is -5.50. The summed E-state index contributed by atoms with van der Waals surface area (Å²) in [5.41, 5.74) is 4.69. The predicted octanol–water partition coefficient (Wildman–Crippen LogP) is 7.34. The molecular formula is C42H48N8O5S. The molecule has 56 heavy (non-hydrogen) atoms. The fraction of sp³-hybridized carbons (Fsp3) is 0.429. The van der Waals surface area contributed by atoms with Crippen LogP contribution >= 0.6 is 11.3 Å². The number of aromatic amines is 2. The van der Waals surface area contributed by atoms with Crippen molar-refractivity contribution in [3.63, 3.8) is 0 Å². The standard InChI is InChI=1S/C42H48N8O5S/c1-21(2)33(43-23(5)51)40(52)49-17-8-10-31(49)39-45-29-16-13-26-20-32(56-37(26)36(29)47-39)25-11-14-27-24(19-25)12-15-28-35(27)46-38(44-28)30-9-7-18-50(30)41(53)34(22(3)4)48-42(54)55-6/h11-16,19-22,30-31,33-34H,7-10,17-18H2,1-6H3,(H,43,51)(H,44,46)(H,45,47)(H,48,54)/t30-,31-,33-,34-/m0/s1. The topological polar surface area (TPSA) is 165 Å². The summed E-state index contributed by atoms with van der Waals surface area (Å²) in [5.74, 6) is 0.958. The molecule has 6 aromatic rings. The van der Waals surface area contributed by atoms with Crippen LogP contribution in [0.15, 0.2) is 48.5 Å². The molecule has 0 unspecified atom stereocenters. The number of imidazole rings is 2. The molecule has 5 heterocycles. The summed E-state index contributed by atoms with van der Waals surface area (Å²) >= 11 is 1.71. The van der Waals surface area contributed by atoms with Gasteiger partial charge >= 0.3 is 6.09 Å². The van der Waals surface area contributed by atoms with Crippen molar-refractivity contribution in [3.05, 3.63) is 60.2 Å². The van der Waals surface area contributed by atoms with Crippen LogP contribution in [0.5, 0.6) is 0 Å². The highest BCUT2D eigenvalue weighted by atomic mass is 32.1. The van der Waals surface area contributed by atoms with Crippen LogP contribution in [-0.2, 0) is 19.1 Å². The molecule has 3 aromatic heterocycles. The third-order valence-corrected chi connectivity index (χ3v) is 12.5. The van der Waals surface area contributed by atoms with Crippen molar-refractivity contribution in [2.75, 3.05) is 20.2 Å². The molecule has 4 N–H and O–H groups in total. The van der Waals surface area contributed by atoms with Gasteiger partial charge in [-0.3, -0.25) is 14.4 Å². The fourth-order valence-electron chi connectivity index (χ4n) is 8.45. The van der Waals surface area contributed by atoms with E-state index in [0.29, 0.717) is 13.1 Å². The van der Waals surface area contributed by atoms with E-state index in [-0.39, 0.29) is 41.6 Å². The number of thiophene rings is 1. The summed E-state index contributed by atoms with van der Waals surface area (Å²) in [6, 6.07) is 15.3. The maximum Gasteiger partial charge on any atom is 0.407 e. The van der Waals surface area contributed by atoms with Gasteiger partial charge in [-0.15, -0.1) is 11.3 Å². The van der Waals surface area contributed by atoms with Gasteiger partial charge in [0.2, 0.25) is 17.7 Å². The van der Waals surface area contributed by atoms with Crippen LogP contribution in [0.25, 0.3) is 53.4 Å². The molecule has 8 rings (SSSR count). The Labute approximate surface area is 328 Å². The number of fused-ring (bicyclic) bond motifs is 6.